The predicted octanol–water partition coefficient (Wildman–Crippen LogP) is 0.462. The Kier molecular flexibility index (Phi) is 8.22. The maximum atomic E-state index is 11.4. The number of nitrogens with one attached hydrogen (secondary N) is 2. The van der Waals surface area contributed by atoms with Gasteiger partial charge in [0.1, 0.15) is 0 Å². The van der Waals surface area contributed by atoms with Gasteiger partial charge in [-0.1, -0.05) is 12.8 Å². The average Bonchev–Trinajstić information content (AvgIpc) is 2.83. The van der Waals surface area contributed by atoms with Crippen molar-refractivity contribution < 1.29 is 17.9 Å². The number of unbranched alkanes of at least 4 members (excludes halogenated alkanes) is 3. The van der Waals surface area contributed by atoms with Gasteiger partial charge in [-0.3, -0.25) is 9.79 Å². The average molecular weight is 333 g/mol. The molecule has 1 fully saturated rings. The zero-order valence-corrected chi connectivity index (χ0v) is 14.2. The highest BCUT2D eigenvalue weighted by atomic mass is 32.2. The Bertz CT molecular complexity index is 476. The summed E-state index contributed by atoms with van der Waals surface area (Å²) < 4.78 is 27.4. The summed E-state index contributed by atoms with van der Waals surface area (Å²) in [5, 5.41) is 6.33. The van der Waals surface area contributed by atoms with E-state index in [4.69, 9.17) is 0 Å². The predicted molar refractivity (Wildman–Crippen MR) is 86.7 cm³/mol. The number of hydrogen-bond acceptors (Lipinski definition) is 5. The molecule has 7 nitrogen and oxygen atoms in total. The van der Waals surface area contributed by atoms with Crippen LogP contribution in [0, 0.1) is 0 Å². The van der Waals surface area contributed by atoms with Gasteiger partial charge in [-0.2, -0.15) is 0 Å². The van der Waals surface area contributed by atoms with Crippen LogP contribution in [0.1, 0.15) is 38.5 Å². The molecule has 1 heterocycles. The van der Waals surface area contributed by atoms with Crippen LogP contribution in [0.25, 0.3) is 0 Å². The summed E-state index contributed by atoms with van der Waals surface area (Å²) in [7, 11) is 0.202. The van der Waals surface area contributed by atoms with Gasteiger partial charge in [0, 0.05) is 26.1 Å². The third-order valence-electron chi connectivity index (χ3n) is 3.62. The van der Waals surface area contributed by atoms with Gasteiger partial charge in [0.2, 0.25) is 0 Å². The molecular weight excluding hydrogens is 306 g/mol. The van der Waals surface area contributed by atoms with E-state index in [0.29, 0.717) is 18.8 Å². The van der Waals surface area contributed by atoms with Crippen LogP contribution in [-0.2, 0) is 19.4 Å². The molecule has 1 aliphatic rings. The van der Waals surface area contributed by atoms with E-state index >= 15 is 0 Å². The zero-order chi connectivity index (χ0) is 16.4. The molecule has 22 heavy (non-hydrogen) atoms. The number of esters is 1. The normalized spacial score (nSPS) is 20.6. The molecule has 128 valence electrons. The smallest absolute Gasteiger partial charge is 0.305 e. The molecule has 1 aliphatic heterocycles. The third-order valence-corrected chi connectivity index (χ3v) is 5.39. The molecule has 1 atom stereocenters. The molecule has 0 spiro atoms. The maximum Gasteiger partial charge on any atom is 0.305 e. The highest BCUT2D eigenvalue weighted by molar-refractivity contribution is 7.91. The molecule has 2 N–H and O–H groups in total. The SMILES string of the molecule is CN=C(NCCCCCCC(=O)OC)NC1CCS(=O)(=O)C1. The van der Waals surface area contributed by atoms with Crippen LogP contribution < -0.4 is 10.6 Å². The highest BCUT2D eigenvalue weighted by Crippen LogP contribution is 2.11. The third kappa shape index (κ3) is 7.63. The van der Waals surface area contributed by atoms with Gasteiger partial charge < -0.3 is 15.4 Å². The van der Waals surface area contributed by atoms with Crippen LogP contribution in [0.5, 0.6) is 0 Å². The molecule has 0 aliphatic carbocycles. The number of ether oxygens (including phenoxy) is 1. The number of sulfone groups is 1. The molecular formula is C14H27N3O4S. The molecule has 0 aromatic carbocycles. The van der Waals surface area contributed by atoms with E-state index in [2.05, 4.69) is 20.4 Å². The molecule has 1 unspecified atom stereocenters. The number of carbonyl (C=O) groups is 1. The van der Waals surface area contributed by atoms with Crippen molar-refractivity contribution in [2.75, 3.05) is 32.2 Å². The Morgan fingerprint density at radius 2 is 2.00 bits per heavy atom. The number of rotatable bonds is 8. The van der Waals surface area contributed by atoms with E-state index in [1.54, 1.807) is 7.05 Å². The quantitative estimate of drug-likeness (QED) is 0.290. The topological polar surface area (TPSA) is 96.9 Å². The van der Waals surface area contributed by atoms with Crippen molar-refractivity contribution in [1.82, 2.24) is 10.6 Å². The Balaban J connectivity index is 2.09. The summed E-state index contributed by atoms with van der Waals surface area (Å²) in [6, 6.07) is -0.0451. The van der Waals surface area contributed by atoms with E-state index in [-0.39, 0.29) is 23.5 Å². The van der Waals surface area contributed by atoms with Crippen LogP contribution in [0.3, 0.4) is 0 Å². The summed E-state index contributed by atoms with van der Waals surface area (Å²) in [5.41, 5.74) is 0. The second-order valence-electron chi connectivity index (χ2n) is 5.48. The van der Waals surface area contributed by atoms with Crippen molar-refractivity contribution in [3.8, 4) is 0 Å². The zero-order valence-electron chi connectivity index (χ0n) is 13.4. The standard InChI is InChI=1S/C14H27N3O4S/c1-15-14(17-12-8-10-22(19,20)11-12)16-9-6-4-3-5-7-13(18)21-2/h12H,3-11H2,1-2H3,(H2,15,16,17). The largest absolute Gasteiger partial charge is 0.469 e. The molecule has 1 saturated heterocycles. The number of hydrogen-bond donors (Lipinski definition) is 2. The minimum atomic E-state index is -2.88. The Morgan fingerprint density at radius 3 is 2.59 bits per heavy atom. The number of nitrogens with zero attached hydrogens (tertiary/aromatic N) is 1. The van der Waals surface area contributed by atoms with Crippen molar-refractivity contribution in [1.29, 1.82) is 0 Å². The molecule has 0 aromatic heterocycles. The second-order valence-corrected chi connectivity index (χ2v) is 7.71. The van der Waals surface area contributed by atoms with Crippen LogP contribution in [0.15, 0.2) is 4.99 Å². The summed E-state index contributed by atoms with van der Waals surface area (Å²) in [6.07, 6.45) is 4.95. The Hall–Kier alpha value is -1.31. The number of methoxy groups -OCH3 is 1. The van der Waals surface area contributed by atoms with Gasteiger partial charge >= 0.3 is 5.97 Å². The van der Waals surface area contributed by atoms with Crippen molar-refractivity contribution in [2.24, 2.45) is 4.99 Å². The lowest BCUT2D eigenvalue weighted by Gasteiger charge is -2.15. The minimum Gasteiger partial charge on any atom is -0.469 e. The summed E-state index contributed by atoms with van der Waals surface area (Å²) in [5.74, 6) is 0.925. The van der Waals surface area contributed by atoms with E-state index < -0.39 is 9.84 Å². The molecule has 1 rings (SSSR count). The van der Waals surface area contributed by atoms with Crippen molar-refractivity contribution in [3.05, 3.63) is 0 Å². The van der Waals surface area contributed by atoms with Crippen molar-refractivity contribution in [2.45, 2.75) is 44.6 Å². The summed E-state index contributed by atoms with van der Waals surface area (Å²) in [4.78, 5) is 15.0. The van der Waals surface area contributed by atoms with Crippen LogP contribution >= 0.6 is 0 Å². The van der Waals surface area contributed by atoms with E-state index in [0.717, 1.165) is 32.2 Å². The lowest BCUT2D eigenvalue weighted by molar-refractivity contribution is -0.140. The fourth-order valence-electron chi connectivity index (χ4n) is 2.35. The monoisotopic (exact) mass is 333 g/mol. The lowest BCUT2D eigenvalue weighted by atomic mass is 10.1. The van der Waals surface area contributed by atoms with Crippen LogP contribution in [0.4, 0.5) is 0 Å². The van der Waals surface area contributed by atoms with Crippen LogP contribution in [0.2, 0.25) is 0 Å². The van der Waals surface area contributed by atoms with Gasteiger partial charge in [-0.15, -0.1) is 0 Å². The lowest BCUT2D eigenvalue weighted by Crippen LogP contribution is -2.44. The van der Waals surface area contributed by atoms with Crippen molar-refractivity contribution >= 4 is 21.8 Å². The Morgan fingerprint density at radius 1 is 1.27 bits per heavy atom. The fourth-order valence-corrected chi connectivity index (χ4v) is 4.03. The number of guanidine groups is 1. The molecule has 0 saturated carbocycles. The first kappa shape index (κ1) is 18.7. The minimum absolute atomic E-state index is 0.0451. The molecule has 8 heteroatoms. The van der Waals surface area contributed by atoms with Crippen molar-refractivity contribution in [3.63, 3.8) is 0 Å². The van der Waals surface area contributed by atoms with E-state index in [1.165, 1.54) is 7.11 Å². The number of carbonyl (C=O) groups excluding carboxylic acids is 1. The van der Waals surface area contributed by atoms with Gasteiger partial charge in [0.25, 0.3) is 0 Å². The van der Waals surface area contributed by atoms with Gasteiger partial charge in [0.15, 0.2) is 15.8 Å². The number of aliphatic imine (C=N–C) groups is 1. The first-order chi connectivity index (χ1) is 10.5. The van der Waals surface area contributed by atoms with E-state index in [9.17, 15) is 13.2 Å². The fraction of sp³-hybridized carbons (Fsp3) is 0.857. The maximum absolute atomic E-state index is 11.4. The van der Waals surface area contributed by atoms with Gasteiger partial charge in [-0.05, 0) is 19.3 Å². The summed E-state index contributed by atoms with van der Waals surface area (Å²) in [6.45, 7) is 0.775. The second kappa shape index (κ2) is 9.66. The molecule has 0 radical (unpaired) electrons. The van der Waals surface area contributed by atoms with Crippen LogP contribution in [-0.4, -0.2) is 58.6 Å². The molecule has 0 aromatic rings. The van der Waals surface area contributed by atoms with Gasteiger partial charge in [0.05, 0.1) is 18.6 Å². The molecule has 0 amide bonds. The first-order valence-electron chi connectivity index (χ1n) is 7.71. The highest BCUT2D eigenvalue weighted by Gasteiger charge is 2.28. The molecule has 0 bridgehead atoms. The first-order valence-corrected chi connectivity index (χ1v) is 9.53. The Labute approximate surface area is 132 Å². The summed E-state index contributed by atoms with van der Waals surface area (Å²) >= 11 is 0. The van der Waals surface area contributed by atoms with Gasteiger partial charge in [-0.25, -0.2) is 8.42 Å². The van der Waals surface area contributed by atoms with E-state index in [1.807, 2.05) is 0 Å².